The summed E-state index contributed by atoms with van der Waals surface area (Å²) in [5.74, 6) is -0.192. The van der Waals surface area contributed by atoms with Crippen LogP contribution in [0, 0.1) is 0 Å². The van der Waals surface area contributed by atoms with Crippen LogP contribution in [0.2, 0.25) is 0 Å². The molecule has 0 aliphatic heterocycles. The van der Waals surface area contributed by atoms with Crippen molar-refractivity contribution < 1.29 is 9.59 Å². The molecule has 0 atom stereocenters. The molecule has 2 rings (SSSR count). The molecule has 4 nitrogen and oxygen atoms in total. The molecule has 0 saturated heterocycles. The van der Waals surface area contributed by atoms with Gasteiger partial charge in [-0.15, -0.1) is 11.3 Å². The van der Waals surface area contributed by atoms with Crippen LogP contribution in [0.25, 0.3) is 0 Å². The average molecular weight is 353 g/mol. The predicted octanol–water partition coefficient (Wildman–Crippen LogP) is 4.11. The van der Waals surface area contributed by atoms with Gasteiger partial charge in [0.25, 0.3) is 5.91 Å². The average Bonchev–Trinajstić information content (AvgIpc) is 2.87. The molecule has 104 valence electrons. The number of thiophene rings is 1. The number of rotatable bonds is 4. The Bertz CT molecular complexity index is 622. The maximum Gasteiger partial charge on any atom is 0.256 e. The Kier molecular flexibility index (Phi) is 4.92. The summed E-state index contributed by atoms with van der Waals surface area (Å²) in [4.78, 5) is 23.2. The van der Waals surface area contributed by atoms with Crippen molar-refractivity contribution in [2.24, 2.45) is 0 Å². The predicted molar refractivity (Wildman–Crippen MR) is 85.3 cm³/mol. The minimum absolute atomic E-state index is 0.0371. The molecule has 0 radical (unpaired) electrons. The first-order valence-electron chi connectivity index (χ1n) is 6.04. The van der Waals surface area contributed by atoms with Gasteiger partial charge in [-0.3, -0.25) is 9.59 Å². The standard InChI is InChI=1S/C14H13BrN2O2S/c1-2-13(18)16-10-3-5-11(6-4-10)17-14(19)9-7-12(15)20-8-9/h3-8H,2H2,1H3,(H,16,18)(H,17,19). The van der Waals surface area contributed by atoms with E-state index < -0.39 is 0 Å². The Hall–Kier alpha value is -1.66. The quantitative estimate of drug-likeness (QED) is 0.869. The monoisotopic (exact) mass is 352 g/mol. The van der Waals surface area contributed by atoms with Crippen LogP contribution in [-0.4, -0.2) is 11.8 Å². The summed E-state index contributed by atoms with van der Waals surface area (Å²) < 4.78 is 0.917. The van der Waals surface area contributed by atoms with Gasteiger partial charge < -0.3 is 10.6 Å². The van der Waals surface area contributed by atoms with Crippen LogP contribution < -0.4 is 10.6 Å². The van der Waals surface area contributed by atoms with Crippen LogP contribution in [0.3, 0.4) is 0 Å². The zero-order valence-electron chi connectivity index (χ0n) is 10.8. The molecule has 0 bridgehead atoms. The number of anilines is 2. The summed E-state index contributed by atoms with van der Waals surface area (Å²) in [6, 6.07) is 8.80. The van der Waals surface area contributed by atoms with Crippen LogP contribution in [0.15, 0.2) is 39.5 Å². The number of carbonyl (C=O) groups is 2. The molecular formula is C14H13BrN2O2S. The van der Waals surface area contributed by atoms with Crippen LogP contribution in [0.1, 0.15) is 23.7 Å². The van der Waals surface area contributed by atoms with Crippen molar-refractivity contribution in [2.75, 3.05) is 10.6 Å². The maximum atomic E-state index is 11.9. The number of hydrogen-bond acceptors (Lipinski definition) is 3. The second-order valence-electron chi connectivity index (χ2n) is 4.07. The lowest BCUT2D eigenvalue weighted by Gasteiger charge is -2.06. The maximum absolute atomic E-state index is 11.9. The summed E-state index contributed by atoms with van der Waals surface area (Å²) in [6.45, 7) is 1.79. The van der Waals surface area contributed by atoms with Crippen molar-refractivity contribution in [1.82, 2.24) is 0 Å². The van der Waals surface area contributed by atoms with E-state index in [9.17, 15) is 9.59 Å². The fourth-order valence-electron chi connectivity index (χ4n) is 1.52. The van der Waals surface area contributed by atoms with Gasteiger partial charge in [-0.05, 0) is 46.3 Å². The fourth-order valence-corrected chi connectivity index (χ4v) is 2.66. The van der Waals surface area contributed by atoms with E-state index in [-0.39, 0.29) is 11.8 Å². The second-order valence-corrected chi connectivity index (χ2v) is 6.36. The van der Waals surface area contributed by atoms with E-state index in [4.69, 9.17) is 0 Å². The summed E-state index contributed by atoms with van der Waals surface area (Å²) in [6.07, 6.45) is 0.436. The van der Waals surface area contributed by atoms with E-state index >= 15 is 0 Å². The number of carbonyl (C=O) groups excluding carboxylic acids is 2. The highest BCUT2D eigenvalue weighted by Gasteiger charge is 2.08. The lowest BCUT2D eigenvalue weighted by Crippen LogP contribution is -2.11. The smallest absolute Gasteiger partial charge is 0.256 e. The van der Waals surface area contributed by atoms with Crippen molar-refractivity contribution in [2.45, 2.75) is 13.3 Å². The lowest BCUT2D eigenvalue weighted by atomic mass is 10.2. The van der Waals surface area contributed by atoms with E-state index in [0.29, 0.717) is 23.4 Å². The topological polar surface area (TPSA) is 58.2 Å². The summed E-state index contributed by atoms with van der Waals surface area (Å²) in [7, 11) is 0. The van der Waals surface area contributed by atoms with Crippen LogP contribution in [-0.2, 0) is 4.79 Å². The SMILES string of the molecule is CCC(=O)Nc1ccc(NC(=O)c2csc(Br)c2)cc1. The minimum Gasteiger partial charge on any atom is -0.326 e. The van der Waals surface area contributed by atoms with Crippen molar-refractivity contribution in [1.29, 1.82) is 0 Å². The Morgan fingerprint density at radius 3 is 2.25 bits per heavy atom. The van der Waals surface area contributed by atoms with Gasteiger partial charge >= 0.3 is 0 Å². The molecule has 0 aliphatic rings. The van der Waals surface area contributed by atoms with Gasteiger partial charge in [0.1, 0.15) is 0 Å². The first kappa shape index (κ1) is 14.7. The largest absolute Gasteiger partial charge is 0.326 e. The Labute approximate surface area is 129 Å². The van der Waals surface area contributed by atoms with Crippen LogP contribution in [0.4, 0.5) is 11.4 Å². The number of benzene rings is 1. The Morgan fingerprint density at radius 1 is 1.15 bits per heavy atom. The van der Waals surface area contributed by atoms with Crippen LogP contribution >= 0.6 is 27.3 Å². The van der Waals surface area contributed by atoms with Gasteiger partial charge in [0.2, 0.25) is 5.91 Å². The number of hydrogen-bond donors (Lipinski definition) is 2. The van der Waals surface area contributed by atoms with Gasteiger partial charge in [0, 0.05) is 23.2 Å². The zero-order chi connectivity index (χ0) is 14.5. The van der Waals surface area contributed by atoms with Crippen LogP contribution in [0.5, 0.6) is 0 Å². The highest BCUT2D eigenvalue weighted by molar-refractivity contribution is 9.11. The molecule has 0 fully saturated rings. The van der Waals surface area contributed by atoms with Gasteiger partial charge in [0.05, 0.1) is 9.35 Å². The molecule has 0 unspecified atom stereocenters. The van der Waals surface area contributed by atoms with Gasteiger partial charge in [-0.1, -0.05) is 6.92 Å². The van der Waals surface area contributed by atoms with Crippen molar-refractivity contribution in [3.8, 4) is 0 Å². The number of nitrogens with one attached hydrogen (secondary N) is 2. The molecule has 1 aromatic heterocycles. The molecular weight excluding hydrogens is 340 g/mol. The van der Waals surface area contributed by atoms with E-state index in [1.807, 2.05) is 0 Å². The van der Waals surface area contributed by atoms with Crippen molar-refractivity contribution in [3.05, 3.63) is 45.1 Å². The summed E-state index contributed by atoms with van der Waals surface area (Å²) >= 11 is 4.79. The molecule has 1 heterocycles. The molecule has 6 heteroatoms. The fraction of sp³-hybridized carbons (Fsp3) is 0.143. The molecule has 0 saturated carbocycles. The third kappa shape index (κ3) is 3.91. The molecule has 1 aromatic carbocycles. The summed E-state index contributed by atoms with van der Waals surface area (Å²) in [5, 5.41) is 7.34. The molecule has 20 heavy (non-hydrogen) atoms. The molecule has 2 N–H and O–H groups in total. The molecule has 2 amide bonds. The lowest BCUT2D eigenvalue weighted by molar-refractivity contribution is -0.115. The molecule has 2 aromatic rings. The number of amides is 2. The van der Waals surface area contributed by atoms with Crippen molar-refractivity contribution >= 4 is 50.5 Å². The zero-order valence-corrected chi connectivity index (χ0v) is 13.2. The number of halogens is 1. The van der Waals surface area contributed by atoms with Crippen molar-refractivity contribution in [3.63, 3.8) is 0 Å². The third-order valence-corrected chi connectivity index (χ3v) is 4.08. The van der Waals surface area contributed by atoms with E-state index in [2.05, 4.69) is 26.6 Å². The Balaban J connectivity index is 2.00. The Morgan fingerprint density at radius 2 is 1.75 bits per heavy atom. The van der Waals surface area contributed by atoms with Gasteiger partial charge in [-0.25, -0.2) is 0 Å². The first-order valence-corrected chi connectivity index (χ1v) is 7.71. The van der Waals surface area contributed by atoms with E-state index in [1.54, 1.807) is 42.6 Å². The highest BCUT2D eigenvalue weighted by Crippen LogP contribution is 2.22. The van der Waals surface area contributed by atoms with Gasteiger partial charge in [-0.2, -0.15) is 0 Å². The third-order valence-electron chi connectivity index (χ3n) is 2.58. The first-order chi connectivity index (χ1) is 9.58. The highest BCUT2D eigenvalue weighted by atomic mass is 79.9. The summed E-state index contributed by atoms with van der Waals surface area (Å²) in [5.41, 5.74) is 2.02. The second kappa shape index (κ2) is 6.67. The normalized spacial score (nSPS) is 10.1. The molecule has 0 aliphatic carbocycles. The van der Waals surface area contributed by atoms with E-state index in [1.165, 1.54) is 11.3 Å². The van der Waals surface area contributed by atoms with E-state index in [0.717, 1.165) is 3.79 Å². The van der Waals surface area contributed by atoms with Gasteiger partial charge in [0.15, 0.2) is 0 Å². The minimum atomic E-state index is -0.155. The molecule has 0 spiro atoms.